The fourth-order valence-corrected chi connectivity index (χ4v) is 1.98. The molecule has 2 heterocycles. The lowest BCUT2D eigenvalue weighted by Crippen LogP contribution is -1.98. The smallest absolute Gasteiger partial charge is 0.246 e. The van der Waals surface area contributed by atoms with Crippen LogP contribution in [0.15, 0.2) is 35.0 Å². The van der Waals surface area contributed by atoms with E-state index >= 15 is 0 Å². The first-order valence-corrected chi connectivity index (χ1v) is 5.59. The van der Waals surface area contributed by atoms with Crippen molar-refractivity contribution in [3.63, 3.8) is 0 Å². The third-order valence-corrected chi connectivity index (χ3v) is 2.81. The second-order valence-electron chi connectivity index (χ2n) is 4.12. The molecule has 0 aliphatic carbocycles. The van der Waals surface area contributed by atoms with Crippen molar-refractivity contribution in [2.24, 2.45) is 0 Å². The van der Waals surface area contributed by atoms with E-state index in [4.69, 9.17) is 4.52 Å². The van der Waals surface area contributed by atoms with Crippen molar-refractivity contribution in [3.05, 3.63) is 47.7 Å². The van der Waals surface area contributed by atoms with Gasteiger partial charge in [-0.2, -0.15) is 4.98 Å². The Hall–Kier alpha value is -2.43. The van der Waals surface area contributed by atoms with Gasteiger partial charge in [0.15, 0.2) is 5.82 Å². The molecule has 90 valence electrons. The summed E-state index contributed by atoms with van der Waals surface area (Å²) >= 11 is 0. The molecule has 5 heteroatoms. The van der Waals surface area contributed by atoms with E-state index in [1.165, 1.54) is 0 Å². The second-order valence-corrected chi connectivity index (χ2v) is 4.12. The Bertz CT molecular complexity index is 712. The maximum Gasteiger partial charge on any atom is 0.246 e. The molecule has 0 saturated carbocycles. The van der Waals surface area contributed by atoms with Crippen LogP contribution in [-0.2, 0) is 6.54 Å². The third kappa shape index (κ3) is 1.79. The number of hydrogen-bond donors (Lipinski definition) is 0. The van der Waals surface area contributed by atoms with Crippen LogP contribution in [0, 0.1) is 6.92 Å². The lowest BCUT2D eigenvalue weighted by Gasteiger charge is -2.01. The standard InChI is InChI=1S/C13H11N3O2/c1-9-14-13(18-15-9)7-16-5-4-11-6-10(8-17)2-3-12(11)16/h2-6,8H,7H2,1H3. The van der Waals surface area contributed by atoms with Crippen molar-refractivity contribution >= 4 is 17.2 Å². The number of carbonyl (C=O) groups excluding carboxylic acids is 1. The van der Waals surface area contributed by atoms with E-state index in [2.05, 4.69) is 10.1 Å². The highest BCUT2D eigenvalue weighted by Crippen LogP contribution is 2.18. The summed E-state index contributed by atoms with van der Waals surface area (Å²) in [6.45, 7) is 2.32. The largest absolute Gasteiger partial charge is 0.338 e. The monoisotopic (exact) mass is 241 g/mol. The Kier molecular flexibility index (Phi) is 2.44. The molecule has 1 aromatic carbocycles. The molecule has 0 aliphatic heterocycles. The van der Waals surface area contributed by atoms with Crippen LogP contribution in [0.1, 0.15) is 22.1 Å². The van der Waals surface area contributed by atoms with Gasteiger partial charge in [0.1, 0.15) is 12.8 Å². The summed E-state index contributed by atoms with van der Waals surface area (Å²) in [6, 6.07) is 7.54. The van der Waals surface area contributed by atoms with Gasteiger partial charge in [-0.05, 0) is 31.2 Å². The molecule has 0 spiro atoms. The highest BCUT2D eigenvalue weighted by Gasteiger charge is 2.07. The van der Waals surface area contributed by atoms with E-state index in [0.29, 0.717) is 23.8 Å². The van der Waals surface area contributed by atoms with Gasteiger partial charge in [0.05, 0.1) is 0 Å². The minimum atomic E-state index is 0.533. The van der Waals surface area contributed by atoms with E-state index in [9.17, 15) is 4.79 Å². The number of fused-ring (bicyclic) bond motifs is 1. The van der Waals surface area contributed by atoms with E-state index in [1.54, 1.807) is 13.0 Å². The number of aromatic nitrogens is 3. The van der Waals surface area contributed by atoms with Gasteiger partial charge in [-0.3, -0.25) is 4.79 Å². The Morgan fingerprint density at radius 3 is 3.00 bits per heavy atom. The quantitative estimate of drug-likeness (QED) is 0.659. The van der Waals surface area contributed by atoms with Gasteiger partial charge in [0.2, 0.25) is 5.89 Å². The predicted molar refractivity (Wildman–Crippen MR) is 65.5 cm³/mol. The minimum Gasteiger partial charge on any atom is -0.338 e. The van der Waals surface area contributed by atoms with Crippen LogP contribution >= 0.6 is 0 Å². The molecule has 0 unspecified atom stereocenters. The van der Waals surface area contributed by atoms with E-state index in [0.717, 1.165) is 17.2 Å². The topological polar surface area (TPSA) is 60.9 Å². The van der Waals surface area contributed by atoms with Crippen LogP contribution < -0.4 is 0 Å². The van der Waals surface area contributed by atoms with Crippen molar-refractivity contribution in [3.8, 4) is 0 Å². The second kappa shape index (κ2) is 4.10. The highest BCUT2D eigenvalue weighted by molar-refractivity contribution is 5.87. The zero-order valence-electron chi connectivity index (χ0n) is 9.83. The van der Waals surface area contributed by atoms with Crippen molar-refractivity contribution in [1.82, 2.24) is 14.7 Å². The molecule has 0 fully saturated rings. The van der Waals surface area contributed by atoms with Gasteiger partial charge < -0.3 is 9.09 Å². The third-order valence-electron chi connectivity index (χ3n) is 2.81. The first-order valence-electron chi connectivity index (χ1n) is 5.59. The number of nitrogens with zero attached hydrogens (tertiary/aromatic N) is 3. The summed E-state index contributed by atoms with van der Waals surface area (Å²) < 4.78 is 7.10. The van der Waals surface area contributed by atoms with Gasteiger partial charge in [-0.15, -0.1) is 0 Å². The number of aldehydes is 1. The van der Waals surface area contributed by atoms with Gasteiger partial charge in [0, 0.05) is 22.7 Å². The first kappa shape index (κ1) is 10.7. The molecular weight excluding hydrogens is 230 g/mol. The van der Waals surface area contributed by atoms with Crippen LogP contribution in [0.5, 0.6) is 0 Å². The lowest BCUT2D eigenvalue weighted by molar-refractivity contribution is 0.112. The predicted octanol–water partition coefficient (Wildman–Crippen LogP) is 2.19. The summed E-state index contributed by atoms with van der Waals surface area (Å²) in [5, 5.41) is 4.78. The SMILES string of the molecule is Cc1noc(Cn2ccc3cc(C=O)ccc32)n1. The van der Waals surface area contributed by atoms with Gasteiger partial charge in [-0.25, -0.2) is 0 Å². The van der Waals surface area contributed by atoms with Gasteiger partial charge in [0.25, 0.3) is 0 Å². The number of rotatable bonds is 3. The summed E-state index contributed by atoms with van der Waals surface area (Å²) in [5.74, 6) is 1.20. The molecule has 18 heavy (non-hydrogen) atoms. The van der Waals surface area contributed by atoms with E-state index < -0.39 is 0 Å². The minimum absolute atomic E-state index is 0.533. The Morgan fingerprint density at radius 2 is 2.28 bits per heavy atom. The average Bonchev–Trinajstić information content (AvgIpc) is 2.96. The van der Waals surface area contributed by atoms with E-state index in [-0.39, 0.29) is 0 Å². The highest BCUT2D eigenvalue weighted by atomic mass is 16.5. The molecule has 0 amide bonds. The molecule has 2 aromatic heterocycles. The van der Waals surface area contributed by atoms with Crippen molar-refractivity contribution in [2.75, 3.05) is 0 Å². The summed E-state index contributed by atoms with van der Waals surface area (Å²) in [4.78, 5) is 14.9. The maximum absolute atomic E-state index is 10.7. The number of benzene rings is 1. The molecule has 0 atom stereocenters. The van der Waals surface area contributed by atoms with Gasteiger partial charge >= 0.3 is 0 Å². The first-order chi connectivity index (χ1) is 8.76. The van der Waals surface area contributed by atoms with Crippen LogP contribution in [0.2, 0.25) is 0 Å². The zero-order valence-corrected chi connectivity index (χ0v) is 9.83. The van der Waals surface area contributed by atoms with Gasteiger partial charge in [-0.1, -0.05) is 5.16 Å². The molecule has 0 bridgehead atoms. The molecule has 3 aromatic rings. The molecule has 0 radical (unpaired) electrons. The maximum atomic E-state index is 10.7. The Balaban J connectivity index is 2.00. The molecule has 0 N–H and O–H groups in total. The molecule has 3 rings (SSSR count). The molecule has 0 saturated heterocycles. The van der Waals surface area contributed by atoms with Crippen LogP contribution in [0.4, 0.5) is 0 Å². The number of hydrogen-bond acceptors (Lipinski definition) is 4. The molecular formula is C13H11N3O2. The molecule has 0 aliphatic rings. The van der Waals surface area contributed by atoms with Crippen LogP contribution in [0.3, 0.4) is 0 Å². The molecule has 5 nitrogen and oxygen atoms in total. The number of aryl methyl sites for hydroxylation is 1. The Morgan fingerprint density at radius 1 is 1.39 bits per heavy atom. The zero-order chi connectivity index (χ0) is 12.5. The summed E-state index contributed by atoms with van der Waals surface area (Å²) in [7, 11) is 0. The number of carbonyl (C=O) groups is 1. The lowest BCUT2D eigenvalue weighted by atomic mass is 10.2. The fourth-order valence-electron chi connectivity index (χ4n) is 1.98. The van der Waals surface area contributed by atoms with E-state index in [1.807, 2.05) is 29.0 Å². The Labute approximate surface area is 103 Å². The van der Waals surface area contributed by atoms with Crippen molar-refractivity contribution in [1.29, 1.82) is 0 Å². The van der Waals surface area contributed by atoms with Crippen LogP contribution in [-0.4, -0.2) is 21.0 Å². The van der Waals surface area contributed by atoms with Crippen LogP contribution in [0.25, 0.3) is 10.9 Å². The summed E-state index contributed by atoms with van der Waals surface area (Å²) in [5.41, 5.74) is 1.71. The van der Waals surface area contributed by atoms with Crippen molar-refractivity contribution < 1.29 is 9.32 Å². The fraction of sp³-hybridized carbons (Fsp3) is 0.154. The average molecular weight is 241 g/mol. The normalized spacial score (nSPS) is 10.9. The summed E-state index contributed by atoms with van der Waals surface area (Å²) in [6.07, 6.45) is 2.79. The van der Waals surface area contributed by atoms with Crippen molar-refractivity contribution in [2.45, 2.75) is 13.5 Å².